The fraction of sp³-hybridized carbons (Fsp3) is 0.467. The van der Waals surface area contributed by atoms with Crippen LogP contribution in [0.25, 0.3) is 0 Å². The van der Waals surface area contributed by atoms with Crippen LogP contribution in [-0.2, 0) is 4.79 Å². The minimum absolute atomic E-state index is 0.00882. The van der Waals surface area contributed by atoms with Gasteiger partial charge in [-0.3, -0.25) is 4.79 Å². The number of halogens is 1. The number of carboxylic acids is 1. The van der Waals surface area contributed by atoms with Gasteiger partial charge in [-0.25, -0.2) is 4.79 Å². The maximum Gasteiger partial charge on any atom is 0.321 e. The van der Waals surface area contributed by atoms with E-state index in [0.29, 0.717) is 13.0 Å². The van der Waals surface area contributed by atoms with Gasteiger partial charge in [0.25, 0.3) is 0 Å². The number of likely N-dealkylation sites (tertiary alicyclic amines) is 1. The average molecular weight is 402 g/mol. The summed E-state index contributed by atoms with van der Waals surface area (Å²) in [4.78, 5) is 25.4. The Morgan fingerprint density at radius 3 is 2.67 bits per heavy atom. The lowest BCUT2D eigenvalue weighted by Gasteiger charge is -2.28. The summed E-state index contributed by atoms with van der Waals surface area (Å²) in [6.45, 7) is 4.53. The Kier molecular flexibility index (Phi) is 4.75. The van der Waals surface area contributed by atoms with E-state index >= 15 is 0 Å². The fourth-order valence-electron chi connectivity index (χ4n) is 2.67. The molecule has 0 saturated carbocycles. The highest BCUT2D eigenvalue weighted by Crippen LogP contribution is 2.38. The number of rotatable bonds is 3. The monoisotopic (exact) mass is 402 g/mol. The van der Waals surface area contributed by atoms with Gasteiger partial charge in [0, 0.05) is 22.3 Å². The molecule has 1 saturated heterocycles. The Labute approximate surface area is 137 Å². The molecule has 1 atom stereocenters. The van der Waals surface area contributed by atoms with Crippen LogP contribution in [0.1, 0.15) is 20.3 Å². The second kappa shape index (κ2) is 6.21. The van der Waals surface area contributed by atoms with Crippen LogP contribution >= 0.6 is 22.6 Å². The van der Waals surface area contributed by atoms with Gasteiger partial charge in [0.05, 0.1) is 5.41 Å². The minimum atomic E-state index is -0.831. The summed E-state index contributed by atoms with van der Waals surface area (Å²) >= 11 is 2.18. The first-order chi connectivity index (χ1) is 9.85. The number of urea groups is 1. The second-order valence-corrected chi connectivity index (χ2v) is 6.97. The highest BCUT2D eigenvalue weighted by atomic mass is 127. The van der Waals surface area contributed by atoms with Crippen molar-refractivity contribution in [2.24, 2.45) is 11.3 Å². The molecule has 21 heavy (non-hydrogen) atoms. The van der Waals surface area contributed by atoms with Gasteiger partial charge in [-0.1, -0.05) is 19.9 Å². The third-order valence-electron chi connectivity index (χ3n) is 4.20. The van der Waals surface area contributed by atoms with Crippen molar-refractivity contribution in [2.45, 2.75) is 20.3 Å². The van der Waals surface area contributed by atoms with Crippen molar-refractivity contribution in [3.8, 4) is 0 Å². The molecule has 114 valence electrons. The quantitative estimate of drug-likeness (QED) is 0.763. The van der Waals surface area contributed by atoms with Gasteiger partial charge < -0.3 is 15.3 Å². The number of amides is 2. The Balaban J connectivity index is 2.07. The maximum atomic E-state index is 12.3. The summed E-state index contributed by atoms with van der Waals surface area (Å²) in [6.07, 6.45) is 0.500. The molecule has 6 heteroatoms. The minimum Gasteiger partial charge on any atom is -0.481 e. The largest absolute Gasteiger partial charge is 0.481 e. The number of carbonyl (C=O) groups is 2. The van der Waals surface area contributed by atoms with Crippen molar-refractivity contribution >= 4 is 40.3 Å². The van der Waals surface area contributed by atoms with Crippen molar-refractivity contribution in [2.75, 3.05) is 18.4 Å². The fourth-order valence-corrected chi connectivity index (χ4v) is 3.21. The first-order valence-electron chi connectivity index (χ1n) is 6.90. The van der Waals surface area contributed by atoms with E-state index < -0.39 is 11.4 Å². The van der Waals surface area contributed by atoms with E-state index in [1.807, 2.05) is 38.1 Å². The summed E-state index contributed by atoms with van der Waals surface area (Å²) in [6, 6.07) is 7.28. The van der Waals surface area contributed by atoms with Crippen molar-refractivity contribution < 1.29 is 14.7 Å². The molecule has 0 radical (unpaired) electrons. The molecule has 1 aromatic rings. The molecule has 1 aliphatic heterocycles. The van der Waals surface area contributed by atoms with Crippen LogP contribution in [0, 0.1) is 14.9 Å². The molecule has 2 rings (SSSR count). The lowest BCUT2D eigenvalue weighted by atomic mass is 9.76. The van der Waals surface area contributed by atoms with E-state index in [2.05, 4.69) is 27.9 Å². The number of nitrogens with zero attached hydrogens (tertiary/aromatic N) is 1. The number of nitrogens with one attached hydrogen (secondary N) is 1. The molecule has 0 aliphatic carbocycles. The Morgan fingerprint density at radius 1 is 1.43 bits per heavy atom. The standard InChI is InChI=1S/C15H19IN2O3/c1-10(2)15(13(19)20)6-7-18(9-15)14(21)17-12-5-3-4-11(16)8-12/h3-5,8,10H,6-7,9H2,1-2H3,(H,17,21)(H,19,20). The normalized spacial score (nSPS) is 21.6. The van der Waals surface area contributed by atoms with E-state index in [9.17, 15) is 14.7 Å². The zero-order valence-corrected chi connectivity index (χ0v) is 14.3. The van der Waals surface area contributed by atoms with Gasteiger partial charge in [-0.05, 0) is 53.1 Å². The lowest BCUT2D eigenvalue weighted by Crippen LogP contribution is -2.41. The van der Waals surface area contributed by atoms with Crippen LogP contribution in [0.5, 0.6) is 0 Å². The van der Waals surface area contributed by atoms with Gasteiger partial charge in [-0.15, -0.1) is 0 Å². The van der Waals surface area contributed by atoms with Gasteiger partial charge in [-0.2, -0.15) is 0 Å². The van der Waals surface area contributed by atoms with E-state index in [1.54, 1.807) is 4.90 Å². The zero-order valence-electron chi connectivity index (χ0n) is 12.1. The third-order valence-corrected chi connectivity index (χ3v) is 4.87. The lowest BCUT2D eigenvalue weighted by molar-refractivity contribution is -0.150. The Bertz CT molecular complexity index is 562. The van der Waals surface area contributed by atoms with Crippen LogP contribution in [-0.4, -0.2) is 35.1 Å². The highest BCUT2D eigenvalue weighted by Gasteiger charge is 2.48. The van der Waals surface area contributed by atoms with Crippen LogP contribution in [0.3, 0.4) is 0 Å². The van der Waals surface area contributed by atoms with Crippen molar-refractivity contribution in [3.63, 3.8) is 0 Å². The van der Waals surface area contributed by atoms with Gasteiger partial charge in [0.15, 0.2) is 0 Å². The van der Waals surface area contributed by atoms with E-state index in [4.69, 9.17) is 0 Å². The number of anilines is 1. The molecule has 5 nitrogen and oxygen atoms in total. The zero-order chi connectivity index (χ0) is 15.6. The SMILES string of the molecule is CC(C)C1(C(=O)O)CCN(C(=O)Nc2cccc(I)c2)C1. The second-order valence-electron chi connectivity index (χ2n) is 5.73. The number of hydrogen-bond acceptors (Lipinski definition) is 2. The van der Waals surface area contributed by atoms with Gasteiger partial charge >= 0.3 is 12.0 Å². The van der Waals surface area contributed by atoms with Gasteiger partial charge in [0.2, 0.25) is 0 Å². The molecule has 1 aromatic carbocycles. The number of aliphatic carboxylic acids is 1. The predicted octanol–water partition coefficient (Wildman–Crippen LogP) is 3.26. The molecule has 2 N–H and O–H groups in total. The first-order valence-corrected chi connectivity index (χ1v) is 7.98. The van der Waals surface area contributed by atoms with Gasteiger partial charge in [0.1, 0.15) is 0 Å². The number of benzene rings is 1. The maximum absolute atomic E-state index is 12.3. The molecule has 0 aromatic heterocycles. The number of carboxylic acid groups (broad SMARTS) is 1. The molecular formula is C15H19IN2O3. The molecule has 1 heterocycles. The van der Waals surface area contributed by atoms with Crippen LogP contribution in [0.4, 0.5) is 10.5 Å². The van der Waals surface area contributed by atoms with Crippen molar-refractivity contribution in [1.29, 1.82) is 0 Å². The van der Waals surface area contributed by atoms with E-state index in [1.165, 1.54) is 0 Å². The van der Waals surface area contributed by atoms with Crippen molar-refractivity contribution in [3.05, 3.63) is 27.8 Å². The average Bonchev–Trinajstić information content (AvgIpc) is 2.85. The summed E-state index contributed by atoms with van der Waals surface area (Å²) in [5.74, 6) is -0.826. The van der Waals surface area contributed by atoms with E-state index in [0.717, 1.165) is 9.26 Å². The summed E-state index contributed by atoms with van der Waals surface area (Å²) < 4.78 is 1.04. The first kappa shape index (κ1) is 16.1. The summed E-state index contributed by atoms with van der Waals surface area (Å²) in [5.41, 5.74) is -0.105. The molecule has 1 unspecified atom stereocenters. The summed E-state index contributed by atoms with van der Waals surface area (Å²) in [5, 5.41) is 12.3. The molecule has 0 spiro atoms. The molecular weight excluding hydrogens is 383 g/mol. The number of hydrogen-bond donors (Lipinski definition) is 2. The molecule has 1 fully saturated rings. The Morgan fingerprint density at radius 2 is 2.14 bits per heavy atom. The van der Waals surface area contributed by atoms with Crippen LogP contribution in [0.2, 0.25) is 0 Å². The topological polar surface area (TPSA) is 69.6 Å². The summed E-state index contributed by atoms with van der Waals surface area (Å²) in [7, 11) is 0. The predicted molar refractivity (Wildman–Crippen MR) is 89.3 cm³/mol. The van der Waals surface area contributed by atoms with Crippen molar-refractivity contribution in [1.82, 2.24) is 4.90 Å². The number of carbonyl (C=O) groups excluding carboxylic acids is 1. The van der Waals surface area contributed by atoms with Crippen LogP contribution in [0.15, 0.2) is 24.3 Å². The van der Waals surface area contributed by atoms with Crippen LogP contribution < -0.4 is 5.32 Å². The Hall–Kier alpha value is -1.31. The highest BCUT2D eigenvalue weighted by molar-refractivity contribution is 14.1. The molecule has 2 amide bonds. The molecule has 0 bridgehead atoms. The molecule has 1 aliphatic rings. The van der Waals surface area contributed by atoms with E-state index in [-0.39, 0.29) is 18.5 Å². The third kappa shape index (κ3) is 3.30. The smallest absolute Gasteiger partial charge is 0.321 e.